The molecule has 1 aromatic heterocycles. The molecular formula is C9H8BrN3O. The smallest absolute Gasteiger partial charge is 0.279 e. The Bertz CT molecular complexity index is 562. The van der Waals surface area contributed by atoms with Gasteiger partial charge in [-0.05, 0) is 24.6 Å². The van der Waals surface area contributed by atoms with Gasteiger partial charge in [0.1, 0.15) is 6.33 Å². The first-order valence-corrected chi connectivity index (χ1v) is 4.81. The van der Waals surface area contributed by atoms with Crippen LogP contribution in [0.4, 0.5) is 0 Å². The normalized spacial score (nSPS) is 10.7. The van der Waals surface area contributed by atoms with Crippen molar-refractivity contribution in [2.75, 3.05) is 5.84 Å². The minimum atomic E-state index is -0.237. The van der Waals surface area contributed by atoms with Gasteiger partial charge in [-0.25, -0.2) is 9.66 Å². The first-order valence-electron chi connectivity index (χ1n) is 4.02. The van der Waals surface area contributed by atoms with Crippen LogP contribution in [-0.2, 0) is 0 Å². The molecule has 1 aromatic carbocycles. The number of fused-ring (bicyclic) bond motifs is 1. The standard InChI is InChI=1S/C9H8BrN3O/c1-5-2-6(10)3-7-8(5)12-4-13(11)9(7)14/h2-4H,11H2,1H3. The molecule has 14 heavy (non-hydrogen) atoms. The van der Waals surface area contributed by atoms with Crippen LogP contribution in [0.15, 0.2) is 27.7 Å². The first kappa shape index (κ1) is 9.21. The lowest BCUT2D eigenvalue weighted by Crippen LogP contribution is -2.27. The molecule has 0 amide bonds. The molecule has 2 aromatic rings. The van der Waals surface area contributed by atoms with Gasteiger partial charge in [0.05, 0.1) is 10.9 Å². The lowest BCUT2D eigenvalue weighted by Gasteiger charge is -2.03. The Hall–Kier alpha value is -1.36. The summed E-state index contributed by atoms with van der Waals surface area (Å²) in [5, 5.41) is 0.530. The van der Waals surface area contributed by atoms with Crippen molar-refractivity contribution >= 4 is 26.8 Å². The van der Waals surface area contributed by atoms with Crippen LogP contribution in [0.3, 0.4) is 0 Å². The fraction of sp³-hybridized carbons (Fsp3) is 0.111. The zero-order valence-corrected chi connectivity index (χ0v) is 9.08. The van der Waals surface area contributed by atoms with Crippen LogP contribution in [-0.4, -0.2) is 9.66 Å². The summed E-state index contributed by atoms with van der Waals surface area (Å²) in [5.41, 5.74) is 1.41. The molecule has 0 aliphatic carbocycles. The largest absolute Gasteiger partial charge is 0.335 e. The van der Waals surface area contributed by atoms with Crippen LogP contribution in [0.2, 0.25) is 0 Å². The van der Waals surface area contributed by atoms with E-state index in [4.69, 9.17) is 5.84 Å². The maximum atomic E-state index is 11.6. The summed E-state index contributed by atoms with van der Waals surface area (Å²) in [6, 6.07) is 3.64. The third kappa shape index (κ3) is 1.29. The molecule has 0 saturated carbocycles. The molecule has 0 unspecified atom stereocenters. The van der Waals surface area contributed by atoms with Crippen LogP contribution in [0, 0.1) is 6.92 Å². The van der Waals surface area contributed by atoms with E-state index in [2.05, 4.69) is 20.9 Å². The number of aromatic nitrogens is 2. The number of nitrogens with zero attached hydrogens (tertiary/aromatic N) is 2. The molecule has 1 heterocycles. The molecule has 0 fully saturated rings. The number of nitrogens with two attached hydrogens (primary N) is 1. The quantitative estimate of drug-likeness (QED) is 0.718. The Labute approximate surface area is 88.5 Å². The van der Waals surface area contributed by atoms with Crippen LogP contribution < -0.4 is 11.4 Å². The maximum absolute atomic E-state index is 11.6. The van der Waals surface area contributed by atoms with E-state index in [9.17, 15) is 4.79 Å². The second-order valence-electron chi connectivity index (χ2n) is 3.08. The highest BCUT2D eigenvalue weighted by atomic mass is 79.9. The number of benzene rings is 1. The zero-order valence-electron chi connectivity index (χ0n) is 7.49. The van der Waals surface area contributed by atoms with Crippen molar-refractivity contribution in [1.82, 2.24) is 9.66 Å². The average Bonchev–Trinajstić information content (AvgIpc) is 2.12. The SMILES string of the molecule is Cc1cc(Br)cc2c(=O)n(N)cnc12. The van der Waals surface area contributed by atoms with Gasteiger partial charge in [0.25, 0.3) is 5.56 Å². The third-order valence-corrected chi connectivity index (χ3v) is 2.50. The molecule has 0 atom stereocenters. The summed E-state index contributed by atoms with van der Waals surface area (Å²) in [6.45, 7) is 1.90. The lowest BCUT2D eigenvalue weighted by atomic mass is 10.1. The fourth-order valence-electron chi connectivity index (χ4n) is 1.38. The Morgan fingerprint density at radius 1 is 1.50 bits per heavy atom. The number of hydrogen-bond acceptors (Lipinski definition) is 3. The number of nitrogen functional groups attached to an aromatic ring is 1. The van der Waals surface area contributed by atoms with Gasteiger partial charge in [0.15, 0.2) is 0 Å². The average molecular weight is 254 g/mol. The van der Waals surface area contributed by atoms with Crippen molar-refractivity contribution in [3.63, 3.8) is 0 Å². The van der Waals surface area contributed by atoms with Gasteiger partial charge in [-0.2, -0.15) is 0 Å². The highest BCUT2D eigenvalue weighted by molar-refractivity contribution is 9.10. The summed E-state index contributed by atoms with van der Waals surface area (Å²) in [4.78, 5) is 15.7. The van der Waals surface area contributed by atoms with Crippen LogP contribution in [0.1, 0.15) is 5.56 Å². The van der Waals surface area contributed by atoms with Gasteiger partial charge in [0, 0.05) is 4.47 Å². The Morgan fingerprint density at radius 3 is 2.93 bits per heavy atom. The second-order valence-corrected chi connectivity index (χ2v) is 3.99. The zero-order chi connectivity index (χ0) is 10.3. The lowest BCUT2D eigenvalue weighted by molar-refractivity contribution is 0.912. The van der Waals surface area contributed by atoms with E-state index in [-0.39, 0.29) is 5.56 Å². The van der Waals surface area contributed by atoms with Crippen LogP contribution in [0.5, 0.6) is 0 Å². The van der Waals surface area contributed by atoms with E-state index in [0.29, 0.717) is 10.9 Å². The molecule has 0 saturated heterocycles. The summed E-state index contributed by atoms with van der Waals surface area (Å²) >= 11 is 3.33. The van der Waals surface area contributed by atoms with Crippen LogP contribution >= 0.6 is 15.9 Å². The number of rotatable bonds is 0. The third-order valence-electron chi connectivity index (χ3n) is 2.04. The molecule has 0 aliphatic heterocycles. The van der Waals surface area contributed by atoms with Gasteiger partial charge >= 0.3 is 0 Å². The molecule has 72 valence electrons. The molecule has 2 rings (SSSR count). The molecular weight excluding hydrogens is 246 g/mol. The van der Waals surface area contributed by atoms with Crippen molar-refractivity contribution in [3.05, 3.63) is 38.9 Å². The van der Waals surface area contributed by atoms with Crippen molar-refractivity contribution in [3.8, 4) is 0 Å². The van der Waals surface area contributed by atoms with Crippen molar-refractivity contribution in [2.45, 2.75) is 6.92 Å². The Kier molecular flexibility index (Phi) is 2.03. The molecule has 0 bridgehead atoms. The van der Waals surface area contributed by atoms with Gasteiger partial charge in [-0.1, -0.05) is 15.9 Å². The summed E-state index contributed by atoms with van der Waals surface area (Å²) in [5.74, 6) is 5.41. The van der Waals surface area contributed by atoms with E-state index >= 15 is 0 Å². The molecule has 4 nitrogen and oxygen atoms in total. The summed E-state index contributed by atoms with van der Waals surface area (Å²) in [7, 11) is 0. The minimum Gasteiger partial charge on any atom is -0.335 e. The number of halogens is 1. The van der Waals surface area contributed by atoms with Crippen LogP contribution in [0.25, 0.3) is 10.9 Å². The Morgan fingerprint density at radius 2 is 2.21 bits per heavy atom. The monoisotopic (exact) mass is 253 g/mol. The Balaban J connectivity index is 3.03. The van der Waals surface area contributed by atoms with Crippen molar-refractivity contribution < 1.29 is 0 Å². The molecule has 2 N–H and O–H groups in total. The molecule has 5 heteroatoms. The van der Waals surface area contributed by atoms with E-state index in [0.717, 1.165) is 14.7 Å². The van der Waals surface area contributed by atoms with Gasteiger partial charge in [0.2, 0.25) is 0 Å². The highest BCUT2D eigenvalue weighted by Crippen LogP contribution is 2.19. The number of hydrogen-bond donors (Lipinski definition) is 1. The fourth-order valence-corrected chi connectivity index (χ4v) is 1.95. The molecule has 0 radical (unpaired) electrons. The van der Waals surface area contributed by atoms with Gasteiger partial charge in [-0.3, -0.25) is 4.79 Å². The first-order chi connectivity index (χ1) is 6.59. The minimum absolute atomic E-state index is 0.237. The van der Waals surface area contributed by atoms with E-state index in [1.54, 1.807) is 6.07 Å². The van der Waals surface area contributed by atoms with Crippen molar-refractivity contribution in [1.29, 1.82) is 0 Å². The molecule has 0 aliphatic rings. The number of aryl methyl sites for hydroxylation is 1. The summed E-state index contributed by atoms with van der Waals surface area (Å²) in [6.07, 6.45) is 1.32. The van der Waals surface area contributed by atoms with Gasteiger partial charge in [-0.15, -0.1) is 0 Å². The maximum Gasteiger partial charge on any atom is 0.279 e. The molecule has 0 spiro atoms. The highest BCUT2D eigenvalue weighted by Gasteiger charge is 2.05. The summed E-state index contributed by atoms with van der Waals surface area (Å²) < 4.78 is 1.83. The predicted molar refractivity (Wildman–Crippen MR) is 58.6 cm³/mol. The second kappa shape index (κ2) is 3.09. The predicted octanol–water partition coefficient (Wildman–Crippen LogP) is 1.18. The van der Waals surface area contributed by atoms with E-state index in [1.165, 1.54) is 6.33 Å². The van der Waals surface area contributed by atoms with Crippen molar-refractivity contribution in [2.24, 2.45) is 0 Å². The van der Waals surface area contributed by atoms with Gasteiger partial charge < -0.3 is 5.84 Å². The topological polar surface area (TPSA) is 60.9 Å². The van der Waals surface area contributed by atoms with E-state index in [1.807, 2.05) is 13.0 Å². The van der Waals surface area contributed by atoms with E-state index < -0.39 is 0 Å².